The summed E-state index contributed by atoms with van der Waals surface area (Å²) >= 11 is 8.61. The maximum absolute atomic E-state index is 13.4. The second-order valence-corrected chi connectivity index (χ2v) is 15.3. The third-order valence-electron chi connectivity index (χ3n) is 8.18. The fourth-order valence-corrected chi connectivity index (χ4v) is 8.73. The highest BCUT2D eigenvalue weighted by atomic mass is 35.5. The Bertz CT molecular complexity index is 1410. The summed E-state index contributed by atoms with van der Waals surface area (Å²) in [6, 6.07) is 6.43. The van der Waals surface area contributed by atoms with Crippen LogP contribution >= 0.6 is 34.3 Å². The van der Waals surface area contributed by atoms with E-state index in [0.29, 0.717) is 35.1 Å². The summed E-state index contributed by atoms with van der Waals surface area (Å²) in [4.78, 5) is 48.3. The summed E-state index contributed by atoms with van der Waals surface area (Å²) in [5, 5.41) is 2.95. The molecule has 3 saturated heterocycles. The van der Waals surface area contributed by atoms with Gasteiger partial charge in [0, 0.05) is 62.1 Å². The third-order valence-corrected chi connectivity index (χ3v) is 11.3. The number of hydrogen-bond acceptors (Lipinski definition) is 8. The van der Waals surface area contributed by atoms with Crippen LogP contribution in [-0.2, 0) is 19.6 Å². The van der Waals surface area contributed by atoms with Gasteiger partial charge >= 0.3 is 0 Å². The maximum Gasteiger partial charge on any atom is 0.263 e. The molecule has 1 unspecified atom stereocenters. The Balaban J connectivity index is 1.12. The second-order valence-electron chi connectivity index (χ2n) is 11.0. The topological polar surface area (TPSA) is 110 Å². The van der Waals surface area contributed by atoms with Crippen molar-refractivity contribution in [3.8, 4) is 0 Å². The number of nitrogens with one attached hydrogen (secondary N) is 1. The van der Waals surface area contributed by atoms with Crippen LogP contribution in [0.3, 0.4) is 0 Å². The minimum atomic E-state index is -3.86. The van der Waals surface area contributed by atoms with Crippen LogP contribution in [0.4, 0.5) is 0 Å². The van der Waals surface area contributed by atoms with E-state index >= 15 is 0 Å². The van der Waals surface area contributed by atoms with Crippen LogP contribution in [0.15, 0.2) is 35.1 Å². The lowest BCUT2D eigenvalue weighted by Gasteiger charge is -2.34. The number of sulfonamides is 1. The molecule has 0 spiro atoms. The van der Waals surface area contributed by atoms with Crippen molar-refractivity contribution >= 4 is 68.1 Å². The molecule has 10 nitrogen and oxygen atoms in total. The van der Waals surface area contributed by atoms with Gasteiger partial charge in [-0.3, -0.25) is 19.3 Å². The molecule has 14 heteroatoms. The molecule has 42 heavy (non-hydrogen) atoms. The van der Waals surface area contributed by atoms with E-state index in [2.05, 4.69) is 9.62 Å². The van der Waals surface area contributed by atoms with Gasteiger partial charge in [0.15, 0.2) is 0 Å². The second kappa shape index (κ2) is 13.6. The van der Waals surface area contributed by atoms with Crippen LogP contribution in [-0.4, -0.2) is 110 Å². The Morgan fingerprint density at radius 1 is 1.14 bits per heavy atom. The van der Waals surface area contributed by atoms with Crippen molar-refractivity contribution in [1.82, 2.24) is 24.3 Å². The molecule has 2 aromatic rings. The summed E-state index contributed by atoms with van der Waals surface area (Å²) in [6.45, 7) is 3.38. The summed E-state index contributed by atoms with van der Waals surface area (Å²) < 4.78 is 28.3. The zero-order chi connectivity index (χ0) is 29.9. The Labute approximate surface area is 259 Å². The summed E-state index contributed by atoms with van der Waals surface area (Å²) in [6.07, 6.45) is 5.13. The van der Waals surface area contributed by atoms with E-state index in [1.807, 2.05) is 34.4 Å². The average Bonchev–Trinajstić information content (AvgIpc) is 3.77. The van der Waals surface area contributed by atoms with Crippen molar-refractivity contribution < 1.29 is 22.8 Å². The lowest BCUT2D eigenvalue weighted by molar-refractivity contribution is -0.143. The van der Waals surface area contributed by atoms with Gasteiger partial charge in [0.05, 0.1) is 15.8 Å². The lowest BCUT2D eigenvalue weighted by Crippen LogP contribution is -2.55. The van der Waals surface area contributed by atoms with Crippen molar-refractivity contribution in [1.29, 1.82) is 0 Å². The fourth-order valence-electron chi connectivity index (χ4n) is 5.96. The number of thiophene rings is 2. The molecule has 0 saturated carbocycles. The quantitative estimate of drug-likeness (QED) is 0.422. The average molecular weight is 654 g/mol. The fraction of sp³-hybridized carbons (Fsp3) is 0.536. The molecule has 1 N–H and O–H groups in total. The highest BCUT2D eigenvalue weighted by Crippen LogP contribution is 2.25. The Hall–Kier alpha value is -2.29. The third kappa shape index (κ3) is 7.61. The monoisotopic (exact) mass is 653 g/mol. The highest BCUT2D eigenvalue weighted by Gasteiger charge is 2.37. The SMILES string of the molecule is CN(C(=O)c1cccs1)C1CCN(C[C@@H]2CCCN2C(=O)CN2CCC[C@H](NS(=O)(=O)/C=C/c3ccc(Cl)s3)C2=O)C1. The van der Waals surface area contributed by atoms with Crippen LogP contribution in [0.5, 0.6) is 0 Å². The molecule has 0 aliphatic carbocycles. The molecule has 3 atom stereocenters. The Kier molecular flexibility index (Phi) is 10.1. The minimum Gasteiger partial charge on any atom is -0.337 e. The smallest absolute Gasteiger partial charge is 0.263 e. The zero-order valence-electron chi connectivity index (χ0n) is 23.5. The number of rotatable bonds is 10. The first kappa shape index (κ1) is 31.1. The molecule has 3 amide bonds. The minimum absolute atomic E-state index is 0.0461. The van der Waals surface area contributed by atoms with Gasteiger partial charge in [-0.2, -0.15) is 4.72 Å². The number of likely N-dealkylation sites (N-methyl/N-ethyl adjacent to an activating group) is 1. The van der Waals surface area contributed by atoms with E-state index in [1.54, 1.807) is 12.1 Å². The standard InChI is InChI=1S/C28H36ClN5O5S3/c1-31(28(37)24-7-4-15-40-24)20-10-14-32(17-20)18-21-5-2-13-34(21)26(35)19-33-12-3-6-23(27(33)36)30-42(38,39)16-11-22-8-9-25(29)41-22/h4,7-9,11,15-16,20-21,23,30H,2-3,5-6,10,12-14,17-19H2,1H3/b16-11+/t20?,21-,23-/m0/s1. The summed E-state index contributed by atoms with van der Waals surface area (Å²) in [5.74, 6) is -0.434. The first-order valence-corrected chi connectivity index (χ1v) is 17.8. The molecule has 0 aromatic carbocycles. The Morgan fingerprint density at radius 3 is 2.69 bits per heavy atom. The van der Waals surface area contributed by atoms with Gasteiger partial charge in [0.1, 0.15) is 6.04 Å². The van der Waals surface area contributed by atoms with Crippen molar-refractivity contribution in [3.05, 3.63) is 49.1 Å². The molecular formula is C28H36ClN5O5S3. The predicted octanol–water partition coefficient (Wildman–Crippen LogP) is 3.18. The summed E-state index contributed by atoms with van der Waals surface area (Å²) in [7, 11) is -2.00. The van der Waals surface area contributed by atoms with Gasteiger partial charge in [-0.1, -0.05) is 17.7 Å². The molecule has 0 bridgehead atoms. The number of carbonyl (C=O) groups excluding carboxylic acids is 3. The molecule has 0 radical (unpaired) electrons. The molecule has 3 fully saturated rings. The lowest BCUT2D eigenvalue weighted by atomic mass is 10.1. The number of likely N-dealkylation sites (tertiary alicyclic amines) is 3. The maximum atomic E-state index is 13.4. The zero-order valence-corrected chi connectivity index (χ0v) is 26.7. The van der Waals surface area contributed by atoms with Crippen LogP contribution < -0.4 is 4.72 Å². The van der Waals surface area contributed by atoms with E-state index in [9.17, 15) is 22.8 Å². The van der Waals surface area contributed by atoms with E-state index in [1.165, 1.54) is 33.6 Å². The van der Waals surface area contributed by atoms with Gasteiger partial charge < -0.3 is 14.7 Å². The summed E-state index contributed by atoms with van der Waals surface area (Å²) in [5.41, 5.74) is 0. The first-order valence-electron chi connectivity index (χ1n) is 14.2. The highest BCUT2D eigenvalue weighted by molar-refractivity contribution is 7.92. The molecule has 5 heterocycles. The van der Waals surface area contributed by atoms with Gasteiger partial charge in [-0.15, -0.1) is 22.7 Å². The van der Waals surface area contributed by atoms with E-state index < -0.39 is 16.1 Å². The number of piperidine rings is 1. The first-order chi connectivity index (χ1) is 20.1. The van der Waals surface area contributed by atoms with Crippen molar-refractivity contribution in [2.45, 2.75) is 50.2 Å². The van der Waals surface area contributed by atoms with Crippen LogP contribution in [0, 0.1) is 0 Å². The predicted molar refractivity (Wildman–Crippen MR) is 166 cm³/mol. The molecule has 228 valence electrons. The number of hydrogen-bond donors (Lipinski definition) is 1. The van der Waals surface area contributed by atoms with Gasteiger partial charge in [-0.05, 0) is 61.8 Å². The number of halogens is 1. The molecule has 5 rings (SSSR count). The molecule has 3 aliphatic rings. The molecule has 2 aromatic heterocycles. The number of nitrogens with zero attached hydrogens (tertiary/aromatic N) is 4. The van der Waals surface area contributed by atoms with Crippen molar-refractivity contribution in [3.63, 3.8) is 0 Å². The van der Waals surface area contributed by atoms with Gasteiger partial charge in [0.2, 0.25) is 21.8 Å². The number of carbonyl (C=O) groups is 3. The van der Waals surface area contributed by atoms with Crippen LogP contribution in [0.25, 0.3) is 6.08 Å². The Morgan fingerprint density at radius 2 is 1.95 bits per heavy atom. The van der Waals surface area contributed by atoms with Crippen molar-refractivity contribution in [2.75, 3.05) is 46.3 Å². The molecular weight excluding hydrogens is 618 g/mol. The number of amides is 3. The van der Waals surface area contributed by atoms with E-state index in [-0.39, 0.29) is 36.3 Å². The largest absolute Gasteiger partial charge is 0.337 e. The normalized spacial score (nSPS) is 23.8. The van der Waals surface area contributed by atoms with Gasteiger partial charge in [-0.25, -0.2) is 8.42 Å². The van der Waals surface area contributed by atoms with E-state index in [0.717, 1.165) is 49.2 Å². The van der Waals surface area contributed by atoms with Crippen LogP contribution in [0.2, 0.25) is 4.34 Å². The van der Waals surface area contributed by atoms with Crippen LogP contribution in [0.1, 0.15) is 46.7 Å². The van der Waals surface area contributed by atoms with E-state index in [4.69, 9.17) is 11.6 Å². The van der Waals surface area contributed by atoms with Gasteiger partial charge in [0.25, 0.3) is 5.91 Å². The molecule has 3 aliphatic heterocycles. The van der Waals surface area contributed by atoms with Crippen molar-refractivity contribution in [2.24, 2.45) is 0 Å².